The Morgan fingerprint density at radius 2 is 1.70 bits per heavy atom. The number of methoxy groups -OCH3 is 1. The lowest BCUT2D eigenvalue weighted by Gasteiger charge is -2.22. The SMILES string of the molecule is COc1ccc(C(=O)C(C)OC(=O)c2cc(-c3ccc(N4C(=O)C5CC=CC(C)C5C4=O)cc3)nc3ccc(Cl)cc23)cc1. The van der Waals surface area contributed by atoms with Gasteiger partial charge in [-0.1, -0.05) is 42.8 Å². The summed E-state index contributed by atoms with van der Waals surface area (Å²) in [6, 6.07) is 20.1. The Morgan fingerprint density at radius 1 is 0.977 bits per heavy atom. The summed E-state index contributed by atoms with van der Waals surface area (Å²) in [5.41, 5.74) is 2.71. The van der Waals surface area contributed by atoms with E-state index in [-0.39, 0.29) is 40.9 Å². The maximum absolute atomic E-state index is 13.5. The van der Waals surface area contributed by atoms with E-state index in [0.29, 0.717) is 50.6 Å². The second-order valence-corrected chi connectivity index (χ2v) is 11.5. The highest BCUT2D eigenvalue weighted by Gasteiger charge is 2.50. The minimum Gasteiger partial charge on any atom is -0.497 e. The minimum absolute atomic E-state index is 0.00262. The number of benzene rings is 3. The van der Waals surface area contributed by atoms with Crippen molar-refractivity contribution in [2.24, 2.45) is 17.8 Å². The van der Waals surface area contributed by atoms with Crippen molar-refractivity contribution in [2.75, 3.05) is 12.0 Å². The molecule has 3 aromatic carbocycles. The molecular weight excluding hydrogens is 580 g/mol. The number of hydrogen-bond donors (Lipinski definition) is 0. The number of halogens is 1. The summed E-state index contributed by atoms with van der Waals surface area (Å²) in [5, 5.41) is 0.892. The van der Waals surface area contributed by atoms with Crippen LogP contribution in [0.1, 0.15) is 41.0 Å². The predicted octanol–water partition coefficient (Wildman–Crippen LogP) is 6.69. The second kappa shape index (κ2) is 11.7. The first-order valence-electron chi connectivity index (χ1n) is 14.3. The third-order valence-corrected chi connectivity index (χ3v) is 8.55. The molecule has 1 aliphatic heterocycles. The lowest BCUT2D eigenvalue weighted by Crippen LogP contribution is -2.31. The van der Waals surface area contributed by atoms with E-state index in [4.69, 9.17) is 26.1 Å². The van der Waals surface area contributed by atoms with Crippen LogP contribution >= 0.6 is 11.6 Å². The van der Waals surface area contributed by atoms with Crippen LogP contribution in [0.4, 0.5) is 5.69 Å². The highest BCUT2D eigenvalue weighted by molar-refractivity contribution is 6.31. The van der Waals surface area contributed by atoms with Gasteiger partial charge in [0.05, 0.1) is 41.4 Å². The summed E-state index contributed by atoms with van der Waals surface area (Å²) < 4.78 is 10.8. The molecule has 2 amide bonds. The van der Waals surface area contributed by atoms with Crippen molar-refractivity contribution in [3.8, 4) is 17.0 Å². The van der Waals surface area contributed by atoms with E-state index in [9.17, 15) is 19.2 Å². The topological polar surface area (TPSA) is 103 Å². The minimum atomic E-state index is -1.06. The number of hydrogen-bond acceptors (Lipinski definition) is 7. The summed E-state index contributed by atoms with van der Waals surface area (Å²) in [7, 11) is 1.54. The Hall–Kier alpha value is -4.82. The molecule has 0 saturated carbocycles. The maximum atomic E-state index is 13.5. The van der Waals surface area contributed by atoms with Crippen LogP contribution in [0.2, 0.25) is 5.02 Å². The molecule has 2 heterocycles. The monoisotopic (exact) mass is 608 g/mol. The molecule has 4 aromatic rings. The number of carbonyl (C=O) groups is 4. The van der Waals surface area contributed by atoms with Crippen molar-refractivity contribution in [1.29, 1.82) is 0 Å². The average molecular weight is 609 g/mol. The number of pyridine rings is 1. The van der Waals surface area contributed by atoms with Crippen LogP contribution in [0.25, 0.3) is 22.2 Å². The molecule has 4 unspecified atom stereocenters. The van der Waals surface area contributed by atoms with Gasteiger partial charge in [0.25, 0.3) is 0 Å². The number of fused-ring (bicyclic) bond motifs is 2. The number of allylic oxidation sites excluding steroid dienone is 2. The molecule has 2 aliphatic rings. The van der Waals surface area contributed by atoms with Gasteiger partial charge in [-0.25, -0.2) is 9.78 Å². The van der Waals surface area contributed by atoms with Crippen LogP contribution in [0.15, 0.2) is 84.9 Å². The van der Waals surface area contributed by atoms with Crippen LogP contribution in [-0.4, -0.2) is 41.8 Å². The zero-order chi connectivity index (χ0) is 31.1. The number of carbonyl (C=O) groups excluding carboxylic acids is 4. The molecule has 0 radical (unpaired) electrons. The summed E-state index contributed by atoms with van der Waals surface area (Å²) in [4.78, 5) is 58.9. The van der Waals surface area contributed by atoms with E-state index in [1.165, 1.54) is 18.9 Å². The third-order valence-electron chi connectivity index (χ3n) is 8.31. The van der Waals surface area contributed by atoms with Crippen molar-refractivity contribution in [1.82, 2.24) is 4.98 Å². The fraction of sp³-hybridized carbons (Fsp3) is 0.229. The molecule has 8 nitrogen and oxygen atoms in total. The van der Waals surface area contributed by atoms with Gasteiger partial charge >= 0.3 is 5.97 Å². The van der Waals surface area contributed by atoms with Gasteiger partial charge in [0.1, 0.15) is 5.75 Å². The number of ketones is 1. The van der Waals surface area contributed by atoms with Crippen LogP contribution in [0.3, 0.4) is 0 Å². The molecule has 1 saturated heterocycles. The zero-order valence-corrected chi connectivity index (χ0v) is 25.1. The highest BCUT2D eigenvalue weighted by Crippen LogP contribution is 2.41. The van der Waals surface area contributed by atoms with E-state index < -0.39 is 12.1 Å². The van der Waals surface area contributed by atoms with E-state index in [1.54, 1.807) is 72.8 Å². The molecular formula is C35H29ClN2O6. The number of aromatic nitrogens is 1. The van der Waals surface area contributed by atoms with Crippen LogP contribution in [0, 0.1) is 17.8 Å². The van der Waals surface area contributed by atoms with Gasteiger partial charge in [0.15, 0.2) is 6.10 Å². The number of esters is 1. The molecule has 1 fully saturated rings. The van der Waals surface area contributed by atoms with Gasteiger partial charge in [-0.05, 0) is 79.9 Å². The quantitative estimate of drug-likeness (QED) is 0.0996. The number of anilines is 1. The lowest BCUT2D eigenvalue weighted by molar-refractivity contribution is -0.122. The molecule has 0 spiro atoms. The number of Topliss-reactive ketones (excluding diaryl/α,β-unsaturated/α-hetero) is 1. The van der Waals surface area contributed by atoms with Crippen LogP contribution < -0.4 is 9.64 Å². The molecule has 0 bridgehead atoms. The summed E-state index contributed by atoms with van der Waals surface area (Å²) in [6.45, 7) is 3.48. The number of rotatable bonds is 7. The van der Waals surface area contributed by atoms with Crippen LogP contribution in [0.5, 0.6) is 5.75 Å². The fourth-order valence-corrected chi connectivity index (χ4v) is 6.14. The summed E-state index contributed by atoms with van der Waals surface area (Å²) in [5.74, 6) is -1.53. The van der Waals surface area contributed by atoms with Gasteiger partial charge < -0.3 is 9.47 Å². The molecule has 9 heteroatoms. The van der Waals surface area contributed by atoms with Crippen molar-refractivity contribution < 1.29 is 28.7 Å². The molecule has 6 rings (SSSR count). The first-order chi connectivity index (χ1) is 21.2. The predicted molar refractivity (Wildman–Crippen MR) is 167 cm³/mol. The molecule has 4 atom stereocenters. The lowest BCUT2D eigenvalue weighted by atomic mass is 9.78. The number of nitrogens with zero attached hydrogens (tertiary/aromatic N) is 2. The molecule has 1 aromatic heterocycles. The van der Waals surface area contributed by atoms with Crippen molar-refractivity contribution in [2.45, 2.75) is 26.4 Å². The smallest absolute Gasteiger partial charge is 0.339 e. The maximum Gasteiger partial charge on any atom is 0.339 e. The number of ether oxygens (including phenoxy) is 2. The van der Waals surface area contributed by atoms with Crippen molar-refractivity contribution >= 4 is 51.8 Å². The second-order valence-electron chi connectivity index (χ2n) is 11.1. The molecule has 0 N–H and O–H groups in total. The van der Waals surface area contributed by atoms with Gasteiger partial charge in [0, 0.05) is 21.5 Å². The van der Waals surface area contributed by atoms with Gasteiger partial charge in [-0.2, -0.15) is 0 Å². The first kappa shape index (κ1) is 29.3. The Balaban J connectivity index is 1.29. The fourth-order valence-electron chi connectivity index (χ4n) is 5.97. The van der Waals surface area contributed by atoms with E-state index >= 15 is 0 Å². The Labute approximate surface area is 259 Å². The standard InChI is InChI=1S/C35H29ClN2O6/c1-19-5-4-6-26-31(19)34(41)38(33(26)40)24-12-7-21(8-13-24)30-18-28(27-17-23(36)11-16-29(27)37-30)35(42)44-20(2)32(39)22-9-14-25(43-3)15-10-22/h4-5,7-20,26,31H,6H2,1-3H3. The van der Waals surface area contributed by atoms with E-state index in [2.05, 4.69) is 0 Å². The van der Waals surface area contributed by atoms with E-state index in [1.807, 2.05) is 19.1 Å². The number of imide groups is 1. The Morgan fingerprint density at radius 3 is 2.39 bits per heavy atom. The first-order valence-corrected chi connectivity index (χ1v) is 14.7. The molecule has 1 aliphatic carbocycles. The van der Waals surface area contributed by atoms with Crippen molar-refractivity contribution in [3.63, 3.8) is 0 Å². The van der Waals surface area contributed by atoms with Crippen molar-refractivity contribution in [3.05, 3.63) is 101 Å². The summed E-state index contributed by atoms with van der Waals surface area (Å²) >= 11 is 6.26. The number of amides is 2. The Bertz CT molecular complexity index is 1830. The molecule has 222 valence electrons. The summed E-state index contributed by atoms with van der Waals surface area (Å²) in [6.07, 6.45) is 3.47. The van der Waals surface area contributed by atoms with Crippen LogP contribution in [-0.2, 0) is 14.3 Å². The van der Waals surface area contributed by atoms with Gasteiger partial charge in [-0.15, -0.1) is 0 Å². The largest absolute Gasteiger partial charge is 0.497 e. The highest BCUT2D eigenvalue weighted by atomic mass is 35.5. The average Bonchev–Trinajstić information content (AvgIpc) is 3.30. The Kier molecular flexibility index (Phi) is 7.78. The normalized spacial score (nSPS) is 20.0. The zero-order valence-electron chi connectivity index (χ0n) is 24.3. The van der Waals surface area contributed by atoms with Gasteiger partial charge in [0.2, 0.25) is 17.6 Å². The van der Waals surface area contributed by atoms with E-state index in [0.717, 1.165) is 0 Å². The third kappa shape index (κ3) is 5.26. The molecule has 44 heavy (non-hydrogen) atoms. The van der Waals surface area contributed by atoms with Gasteiger partial charge in [-0.3, -0.25) is 19.3 Å².